The van der Waals surface area contributed by atoms with Gasteiger partial charge in [0.15, 0.2) is 0 Å². The summed E-state index contributed by atoms with van der Waals surface area (Å²) in [5, 5.41) is 11.9. The highest BCUT2D eigenvalue weighted by molar-refractivity contribution is 8.00. The Morgan fingerprint density at radius 3 is 2.23 bits per heavy atom. The van der Waals surface area contributed by atoms with Gasteiger partial charge in [-0.15, -0.1) is 0 Å². The molecule has 0 spiro atoms. The average Bonchev–Trinajstić information content (AvgIpc) is 3.07. The van der Waals surface area contributed by atoms with Crippen molar-refractivity contribution in [1.82, 2.24) is 5.32 Å². The zero-order chi connectivity index (χ0) is 21.3. The molecule has 7 heteroatoms. The molecule has 1 aliphatic rings. The molecule has 1 atom stereocenters. The average molecular weight is 446 g/mol. The molecular weight excluding hydrogens is 418 g/mol. The molecule has 0 heterocycles. The van der Waals surface area contributed by atoms with Gasteiger partial charge < -0.3 is 15.2 Å². The summed E-state index contributed by atoms with van der Waals surface area (Å²) in [6.45, 7) is 2.30. The molecule has 5 nitrogen and oxygen atoms in total. The number of alkyl carbamates (subject to hydrolysis) is 1. The summed E-state index contributed by atoms with van der Waals surface area (Å²) in [4.78, 5) is 23.8. The van der Waals surface area contributed by atoms with Crippen molar-refractivity contribution in [3.05, 3.63) is 59.7 Å². The van der Waals surface area contributed by atoms with Gasteiger partial charge in [0.1, 0.15) is 12.6 Å². The van der Waals surface area contributed by atoms with Crippen molar-refractivity contribution >= 4 is 35.6 Å². The van der Waals surface area contributed by atoms with Crippen LogP contribution in [0.4, 0.5) is 4.79 Å². The largest absolute Gasteiger partial charge is 0.480 e. The third kappa shape index (κ3) is 5.73. The Balaban J connectivity index is 1.53. The van der Waals surface area contributed by atoms with Gasteiger partial charge in [0.25, 0.3) is 0 Å². The minimum atomic E-state index is -1.04. The first-order chi connectivity index (χ1) is 14.6. The highest BCUT2D eigenvalue weighted by Crippen LogP contribution is 2.44. The van der Waals surface area contributed by atoms with Crippen molar-refractivity contribution in [2.24, 2.45) is 0 Å². The second-order valence-electron chi connectivity index (χ2n) is 6.99. The topological polar surface area (TPSA) is 75.6 Å². The summed E-state index contributed by atoms with van der Waals surface area (Å²) in [5.41, 5.74) is 4.56. The van der Waals surface area contributed by atoms with Gasteiger partial charge in [0, 0.05) is 11.7 Å². The molecular formula is C23H27NO4S2. The summed E-state index contributed by atoms with van der Waals surface area (Å²) in [7, 11) is 0. The lowest BCUT2D eigenvalue weighted by atomic mass is 9.98. The van der Waals surface area contributed by atoms with Crippen molar-refractivity contribution in [1.29, 1.82) is 0 Å². The lowest BCUT2D eigenvalue weighted by molar-refractivity contribution is -0.138. The van der Waals surface area contributed by atoms with Crippen LogP contribution >= 0.6 is 23.5 Å². The molecule has 0 saturated heterocycles. The van der Waals surface area contributed by atoms with Gasteiger partial charge in [-0.3, -0.25) is 0 Å². The van der Waals surface area contributed by atoms with Gasteiger partial charge in [-0.05, 0) is 45.9 Å². The molecule has 2 N–H and O–H groups in total. The number of ether oxygens (including phenoxy) is 1. The lowest BCUT2D eigenvalue weighted by Gasteiger charge is -2.17. The van der Waals surface area contributed by atoms with Crippen molar-refractivity contribution < 1.29 is 19.4 Å². The predicted molar refractivity (Wildman–Crippen MR) is 125 cm³/mol. The Bertz CT molecular complexity index is 828. The number of hydrogen-bond donors (Lipinski definition) is 2. The predicted octanol–water partition coefficient (Wildman–Crippen LogP) is 4.85. The molecule has 2 aromatic carbocycles. The molecule has 0 aliphatic heterocycles. The van der Waals surface area contributed by atoms with E-state index in [1.807, 2.05) is 36.0 Å². The number of fused-ring (bicyclic) bond motifs is 3. The molecule has 0 bridgehead atoms. The van der Waals surface area contributed by atoms with Gasteiger partial charge in [0.05, 0.1) is 0 Å². The van der Waals surface area contributed by atoms with Gasteiger partial charge in [-0.2, -0.15) is 23.5 Å². The molecule has 30 heavy (non-hydrogen) atoms. The van der Waals surface area contributed by atoms with E-state index in [1.165, 1.54) is 0 Å². The number of rotatable bonds is 11. The van der Waals surface area contributed by atoms with Crippen LogP contribution in [0.2, 0.25) is 0 Å². The first-order valence-corrected chi connectivity index (χ1v) is 12.4. The minimum absolute atomic E-state index is 0.0446. The normalized spacial score (nSPS) is 13.4. The van der Waals surface area contributed by atoms with Crippen molar-refractivity contribution in [2.45, 2.75) is 25.3 Å². The van der Waals surface area contributed by atoms with E-state index in [0.717, 1.165) is 45.9 Å². The van der Waals surface area contributed by atoms with Crippen LogP contribution in [-0.4, -0.2) is 52.8 Å². The van der Waals surface area contributed by atoms with E-state index in [0.29, 0.717) is 5.75 Å². The van der Waals surface area contributed by atoms with Crippen LogP contribution in [0, 0.1) is 0 Å². The Hall–Kier alpha value is -2.12. The van der Waals surface area contributed by atoms with Crippen molar-refractivity contribution in [3.63, 3.8) is 0 Å². The lowest BCUT2D eigenvalue weighted by Crippen LogP contribution is -2.43. The third-order valence-corrected chi connectivity index (χ3v) is 7.13. The number of benzene rings is 2. The van der Waals surface area contributed by atoms with Crippen LogP contribution in [0.25, 0.3) is 11.1 Å². The first-order valence-electron chi connectivity index (χ1n) is 10.1. The molecule has 160 valence electrons. The number of nitrogens with one attached hydrogen (secondary N) is 1. The summed E-state index contributed by atoms with van der Waals surface area (Å²) in [6, 6.07) is 15.3. The van der Waals surface area contributed by atoms with Crippen LogP contribution in [-0.2, 0) is 9.53 Å². The quantitative estimate of drug-likeness (QED) is 0.481. The Kier molecular flexibility index (Phi) is 8.51. The fourth-order valence-corrected chi connectivity index (χ4v) is 5.36. The van der Waals surface area contributed by atoms with Crippen molar-refractivity contribution in [2.75, 3.05) is 29.6 Å². The summed E-state index contributed by atoms with van der Waals surface area (Å²) in [5.74, 6) is 2.28. The molecule has 1 amide bonds. The molecule has 0 radical (unpaired) electrons. The van der Waals surface area contributed by atoms with Crippen LogP contribution < -0.4 is 5.32 Å². The monoisotopic (exact) mass is 445 g/mol. The molecule has 0 fully saturated rings. The number of aliphatic carboxylic acids is 1. The maximum Gasteiger partial charge on any atom is 0.407 e. The van der Waals surface area contributed by atoms with Crippen LogP contribution in [0.5, 0.6) is 0 Å². The molecule has 1 unspecified atom stereocenters. The van der Waals surface area contributed by atoms with Gasteiger partial charge >= 0.3 is 12.1 Å². The highest BCUT2D eigenvalue weighted by Gasteiger charge is 2.29. The summed E-state index contributed by atoms with van der Waals surface area (Å²) in [6.07, 6.45) is 0.340. The van der Waals surface area contributed by atoms with Crippen LogP contribution in [0.1, 0.15) is 30.4 Å². The molecule has 0 aromatic heterocycles. The number of carbonyl (C=O) groups excluding carboxylic acids is 1. The highest BCUT2D eigenvalue weighted by atomic mass is 32.2. The summed E-state index contributed by atoms with van der Waals surface area (Å²) < 4.78 is 5.45. The molecule has 3 rings (SSSR count). The maximum absolute atomic E-state index is 12.3. The smallest absolute Gasteiger partial charge is 0.407 e. The van der Waals surface area contributed by atoms with E-state index in [1.54, 1.807) is 11.8 Å². The standard InChI is InChI=1S/C23H27NO4S2/c1-2-29-12-7-13-30-15-21(22(25)26)24-23(27)28-14-20-18-10-5-3-8-16(18)17-9-4-6-11-19(17)20/h3-6,8-11,20-21H,2,7,12-15H2,1H3,(H,24,27)(H,25,26). The fourth-order valence-electron chi connectivity index (χ4n) is 3.57. The van der Waals surface area contributed by atoms with E-state index >= 15 is 0 Å². The zero-order valence-corrected chi connectivity index (χ0v) is 18.6. The number of carboxylic acids is 1. The first kappa shape index (κ1) is 22.6. The Morgan fingerprint density at radius 2 is 1.63 bits per heavy atom. The van der Waals surface area contributed by atoms with Crippen LogP contribution in [0.15, 0.2) is 48.5 Å². The second kappa shape index (κ2) is 11.3. The van der Waals surface area contributed by atoms with E-state index in [4.69, 9.17) is 4.74 Å². The number of carboxylic acid groups (broad SMARTS) is 1. The number of hydrogen-bond acceptors (Lipinski definition) is 5. The second-order valence-corrected chi connectivity index (χ2v) is 9.53. The number of thioether (sulfide) groups is 2. The Morgan fingerprint density at radius 1 is 1.03 bits per heavy atom. The third-order valence-electron chi connectivity index (χ3n) is 5.00. The zero-order valence-electron chi connectivity index (χ0n) is 17.0. The molecule has 1 aliphatic carbocycles. The Labute approximate surface area is 186 Å². The summed E-state index contributed by atoms with van der Waals surface area (Å²) >= 11 is 3.42. The van der Waals surface area contributed by atoms with E-state index in [9.17, 15) is 14.7 Å². The molecule has 0 saturated carbocycles. The molecule has 2 aromatic rings. The van der Waals surface area contributed by atoms with Crippen LogP contribution in [0.3, 0.4) is 0 Å². The SMILES string of the molecule is CCSCCCSCC(NC(=O)OCC1c2ccccc2-c2ccccc21)C(=O)O. The van der Waals surface area contributed by atoms with Crippen molar-refractivity contribution in [3.8, 4) is 11.1 Å². The van der Waals surface area contributed by atoms with Gasteiger partial charge in [-0.25, -0.2) is 9.59 Å². The van der Waals surface area contributed by atoms with E-state index in [-0.39, 0.29) is 12.5 Å². The van der Waals surface area contributed by atoms with Gasteiger partial charge in [0.2, 0.25) is 0 Å². The number of carbonyl (C=O) groups is 2. The van der Waals surface area contributed by atoms with E-state index in [2.05, 4.69) is 36.5 Å². The van der Waals surface area contributed by atoms with Gasteiger partial charge in [-0.1, -0.05) is 55.5 Å². The maximum atomic E-state index is 12.3. The minimum Gasteiger partial charge on any atom is -0.480 e. The number of amides is 1. The fraction of sp³-hybridized carbons (Fsp3) is 0.391. The van der Waals surface area contributed by atoms with E-state index < -0.39 is 18.1 Å².